The van der Waals surface area contributed by atoms with Crippen LogP contribution in [-0.2, 0) is 6.18 Å². The number of ether oxygens (including phenoxy) is 1. The first kappa shape index (κ1) is 18.7. The lowest BCUT2D eigenvalue weighted by molar-refractivity contribution is -0.137. The topological polar surface area (TPSA) is 89.0 Å². The lowest BCUT2D eigenvalue weighted by Gasteiger charge is -2.10. The van der Waals surface area contributed by atoms with Crippen LogP contribution in [0.25, 0.3) is 0 Å². The van der Waals surface area contributed by atoms with Crippen molar-refractivity contribution < 1.29 is 22.7 Å². The molecule has 2 heterocycles. The molecule has 134 valence electrons. The Morgan fingerprint density at radius 1 is 1.32 bits per heavy atom. The standard InChI is InChI=1S/C14H13ClF3N5O2/c1-19-12(24)10-2-3-11(23-22-10)20-4-5-25-13-9(15)6-8(7-21-13)14(16,17)18/h2-3,6-7H,4-5H2,1H3,(H,19,24)(H,20,23). The Hall–Kier alpha value is -2.62. The number of hydrogen-bond acceptors (Lipinski definition) is 6. The van der Waals surface area contributed by atoms with Crippen molar-refractivity contribution in [2.24, 2.45) is 0 Å². The highest BCUT2D eigenvalue weighted by Crippen LogP contribution is 2.32. The molecule has 0 aliphatic heterocycles. The van der Waals surface area contributed by atoms with Gasteiger partial charge in [0.2, 0.25) is 5.88 Å². The molecule has 0 saturated heterocycles. The van der Waals surface area contributed by atoms with Gasteiger partial charge in [-0.2, -0.15) is 13.2 Å². The van der Waals surface area contributed by atoms with Crippen LogP contribution in [0.2, 0.25) is 5.02 Å². The van der Waals surface area contributed by atoms with E-state index in [-0.39, 0.29) is 35.7 Å². The number of hydrogen-bond donors (Lipinski definition) is 2. The monoisotopic (exact) mass is 375 g/mol. The highest BCUT2D eigenvalue weighted by Gasteiger charge is 2.31. The van der Waals surface area contributed by atoms with E-state index in [1.54, 1.807) is 6.07 Å². The molecule has 11 heteroatoms. The molecule has 2 aromatic heterocycles. The number of halogens is 4. The van der Waals surface area contributed by atoms with Gasteiger partial charge in [-0.3, -0.25) is 4.79 Å². The third-order valence-electron chi connectivity index (χ3n) is 2.91. The van der Waals surface area contributed by atoms with Gasteiger partial charge in [0.15, 0.2) is 5.69 Å². The van der Waals surface area contributed by atoms with Gasteiger partial charge in [-0.15, -0.1) is 10.2 Å². The summed E-state index contributed by atoms with van der Waals surface area (Å²) in [5.41, 5.74) is -0.778. The van der Waals surface area contributed by atoms with Gasteiger partial charge in [-0.05, 0) is 18.2 Å². The minimum atomic E-state index is -4.52. The maximum atomic E-state index is 12.5. The van der Waals surface area contributed by atoms with Gasteiger partial charge in [0.05, 0.1) is 12.1 Å². The molecule has 0 spiro atoms. The van der Waals surface area contributed by atoms with Crippen molar-refractivity contribution in [2.75, 3.05) is 25.5 Å². The summed E-state index contributed by atoms with van der Waals surface area (Å²) in [5.74, 6) is -0.0503. The lowest BCUT2D eigenvalue weighted by atomic mass is 10.3. The van der Waals surface area contributed by atoms with Gasteiger partial charge >= 0.3 is 6.18 Å². The van der Waals surface area contributed by atoms with Gasteiger partial charge in [-0.1, -0.05) is 11.6 Å². The Labute approximate surface area is 145 Å². The maximum Gasteiger partial charge on any atom is 0.417 e. The predicted octanol–water partition coefficient (Wildman–Crippen LogP) is 2.39. The average molecular weight is 376 g/mol. The van der Waals surface area contributed by atoms with E-state index in [9.17, 15) is 18.0 Å². The van der Waals surface area contributed by atoms with E-state index < -0.39 is 11.7 Å². The Morgan fingerprint density at radius 2 is 2.08 bits per heavy atom. The van der Waals surface area contributed by atoms with E-state index in [2.05, 4.69) is 25.8 Å². The first-order valence-corrected chi connectivity index (χ1v) is 7.34. The van der Waals surface area contributed by atoms with Crippen molar-refractivity contribution in [3.8, 4) is 5.88 Å². The molecular formula is C14H13ClF3N5O2. The van der Waals surface area contributed by atoms with Crippen LogP contribution in [0.5, 0.6) is 5.88 Å². The molecular weight excluding hydrogens is 363 g/mol. The highest BCUT2D eigenvalue weighted by molar-refractivity contribution is 6.31. The second kappa shape index (κ2) is 7.97. The van der Waals surface area contributed by atoms with Crippen LogP contribution in [-0.4, -0.2) is 41.3 Å². The molecule has 2 rings (SSSR count). The number of nitrogens with zero attached hydrogens (tertiary/aromatic N) is 3. The van der Waals surface area contributed by atoms with Crippen LogP contribution in [0.1, 0.15) is 16.1 Å². The Balaban J connectivity index is 1.84. The van der Waals surface area contributed by atoms with E-state index in [1.165, 1.54) is 13.1 Å². The summed E-state index contributed by atoms with van der Waals surface area (Å²) < 4.78 is 42.7. The van der Waals surface area contributed by atoms with Gasteiger partial charge in [0.1, 0.15) is 17.4 Å². The first-order chi connectivity index (χ1) is 11.8. The molecule has 0 aliphatic carbocycles. The molecule has 0 aliphatic rings. The summed E-state index contributed by atoms with van der Waals surface area (Å²) in [6.07, 6.45) is -3.87. The molecule has 2 aromatic rings. The number of alkyl halides is 3. The van der Waals surface area contributed by atoms with Crippen molar-refractivity contribution in [1.82, 2.24) is 20.5 Å². The normalized spacial score (nSPS) is 11.1. The fraction of sp³-hybridized carbons (Fsp3) is 0.286. The van der Waals surface area contributed by atoms with Crippen LogP contribution in [0, 0.1) is 0 Å². The number of carbonyl (C=O) groups is 1. The van der Waals surface area contributed by atoms with E-state index in [1.807, 2.05) is 0 Å². The second-order valence-electron chi connectivity index (χ2n) is 4.67. The van der Waals surface area contributed by atoms with Crippen molar-refractivity contribution in [3.05, 3.63) is 40.7 Å². The summed E-state index contributed by atoms with van der Waals surface area (Å²) in [4.78, 5) is 14.9. The van der Waals surface area contributed by atoms with Crippen molar-refractivity contribution >= 4 is 23.3 Å². The van der Waals surface area contributed by atoms with E-state index in [0.29, 0.717) is 12.0 Å². The zero-order valence-corrected chi connectivity index (χ0v) is 13.6. The van der Waals surface area contributed by atoms with Crippen LogP contribution in [0.15, 0.2) is 24.4 Å². The third-order valence-corrected chi connectivity index (χ3v) is 3.18. The smallest absolute Gasteiger partial charge is 0.417 e. The molecule has 0 atom stereocenters. The minimum absolute atomic E-state index is 0.0803. The van der Waals surface area contributed by atoms with Gasteiger partial charge in [-0.25, -0.2) is 4.98 Å². The largest absolute Gasteiger partial charge is 0.475 e. The molecule has 0 unspecified atom stereocenters. The quantitative estimate of drug-likeness (QED) is 0.754. The molecule has 0 bridgehead atoms. The van der Waals surface area contributed by atoms with Gasteiger partial charge < -0.3 is 15.4 Å². The fourth-order valence-electron chi connectivity index (χ4n) is 1.69. The molecule has 0 radical (unpaired) electrons. The Morgan fingerprint density at radius 3 is 2.64 bits per heavy atom. The highest BCUT2D eigenvalue weighted by atomic mass is 35.5. The third kappa shape index (κ3) is 5.18. The van der Waals surface area contributed by atoms with Crippen LogP contribution in [0.4, 0.5) is 19.0 Å². The minimum Gasteiger partial charge on any atom is -0.475 e. The van der Waals surface area contributed by atoms with E-state index in [4.69, 9.17) is 16.3 Å². The number of pyridine rings is 1. The Kier molecular flexibility index (Phi) is 5.97. The van der Waals surface area contributed by atoms with Crippen LogP contribution < -0.4 is 15.4 Å². The van der Waals surface area contributed by atoms with Crippen molar-refractivity contribution in [2.45, 2.75) is 6.18 Å². The summed E-state index contributed by atoms with van der Waals surface area (Å²) >= 11 is 5.72. The molecule has 25 heavy (non-hydrogen) atoms. The van der Waals surface area contributed by atoms with E-state index in [0.717, 1.165) is 6.07 Å². The Bertz CT molecular complexity index is 740. The number of carbonyl (C=O) groups excluding carboxylic acids is 1. The zero-order valence-electron chi connectivity index (χ0n) is 12.9. The number of nitrogens with one attached hydrogen (secondary N) is 2. The SMILES string of the molecule is CNC(=O)c1ccc(NCCOc2ncc(C(F)(F)F)cc2Cl)nn1. The second-order valence-corrected chi connectivity index (χ2v) is 5.07. The van der Waals surface area contributed by atoms with Crippen molar-refractivity contribution in [3.63, 3.8) is 0 Å². The van der Waals surface area contributed by atoms with E-state index >= 15 is 0 Å². The molecule has 0 aromatic carbocycles. The van der Waals surface area contributed by atoms with Crippen molar-refractivity contribution in [1.29, 1.82) is 0 Å². The summed E-state index contributed by atoms with van der Waals surface area (Å²) in [5, 5.41) is 12.6. The van der Waals surface area contributed by atoms with Gasteiger partial charge in [0.25, 0.3) is 5.91 Å². The molecule has 0 fully saturated rings. The zero-order chi connectivity index (χ0) is 18.4. The summed E-state index contributed by atoms with van der Waals surface area (Å²) in [7, 11) is 1.48. The molecule has 1 amide bonds. The first-order valence-electron chi connectivity index (χ1n) is 6.96. The predicted molar refractivity (Wildman–Crippen MR) is 83.7 cm³/mol. The number of aromatic nitrogens is 3. The number of rotatable bonds is 6. The average Bonchev–Trinajstić information content (AvgIpc) is 2.58. The fourth-order valence-corrected chi connectivity index (χ4v) is 1.91. The summed E-state index contributed by atoms with van der Waals surface area (Å²) in [6.45, 7) is 0.351. The van der Waals surface area contributed by atoms with Gasteiger partial charge in [0, 0.05) is 13.2 Å². The summed E-state index contributed by atoms with van der Waals surface area (Å²) in [6, 6.07) is 3.80. The number of amides is 1. The van der Waals surface area contributed by atoms with Crippen LogP contribution >= 0.6 is 11.6 Å². The molecule has 0 saturated carbocycles. The maximum absolute atomic E-state index is 12.5. The van der Waals surface area contributed by atoms with Crippen LogP contribution in [0.3, 0.4) is 0 Å². The molecule has 2 N–H and O–H groups in total. The lowest BCUT2D eigenvalue weighted by Crippen LogP contribution is -2.20. The number of anilines is 1. The molecule has 7 nitrogen and oxygen atoms in total.